The summed E-state index contributed by atoms with van der Waals surface area (Å²) in [6.45, 7) is 19.2. The molecular formula is C22H38O4Si. The van der Waals surface area contributed by atoms with Gasteiger partial charge in [-0.2, -0.15) is 0 Å². The molecule has 0 spiro atoms. The molecule has 154 valence electrons. The van der Waals surface area contributed by atoms with Crippen LogP contribution in [0.4, 0.5) is 0 Å². The molecule has 2 atom stereocenters. The van der Waals surface area contributed by atoms with Crippen molar-refractivity contribution in [3.8, 4) is 0 Å². The van der Waals surface area contributed by atoms with E-state index in [1.165, 1.54) is 5.56 Å². The largest absolute Gasteiger partial charge is 0.414 e. The third-order valence-electron chi connectivity index (χ3n) is 5.75. The van der Waals surface area contributed by atoms with Crippen LogP contribution < -0.4 is 0 Å². The molecule has 0 N–H and O–H groups in total. The molecule has 1 heterocycles. The number of rotatable bonds is 8. The lowest BCUT2D eigenvalue weighted by molar-refractivity contribution is -0.165. The number of hydrogen-bond donors (Lipinski definition) is 0. The van der Waals surface area contributed by atoms with Gasteiger partial charge in [0.25, 0.3) is 0 Å². The molecule has 0 aliphatic carbocycles. The molecule has 4 nitrogen and oxygen atoms in total. The second-order valence-electron chi connectivity index (χ2n) is 9.80. The Bertz CT molecular complexity index is 594. The Balaban J connectivity index is 1.92. The molecule has 1 aromatic carbocycles. The van der Waals surface area contributed by atoms with Gasteiger partial charge in [-0.1, -0.05) is 51.1 Å². The Hall–Kier alpha value is -0.723. The van der Waals surface area contributed by atoms with E-state index in [4.69, 9.17) is 18.6 Å². The van der Waals surface area contributed by atoms with E-state index >= 15 is 0 Å². The van der Waals surface area contributed by atoms with Crippen molar-refractivity contribution in [2.24, 2.45) is 0 Å². The normalized spacial score (nSPS) is 25.7. The summed E-state index contributed by atoms with van der Waals surface area (Å²) < 4.78 is 24.8. The van der Waals surface area contributed by atoms with E-state index in [0.29, 0.717) is 19.8 Å². The van der Waals surface area contributed by atoms with Gasteiger partial charge < -0.3 is 18.6 Å². The van der Waals surface area contributed by atoms with Crippen LogP contribution in [0.5, 0.6) is 0 Å². The quantitative estimate of drug-likeness (QED) is 0.429. The van der Waals surface area contributed by atoms with E-state index in [9.17, 15) is 0 Å². The van der Waals surface area contributed by atoms with Crippen LogP contribution in [0, 0.1) is 0 Å². The Labute approximate surface area is 166 Å². The first-order valence-corrected chi connectivity index (χ1v) is 12.9. The summed E-state index contributed by atoms with van der Waals surface area (Å²) in [7, 11) is -1.84. The van der Waals surface area contributed by atoms with Gasteiger partial charge in [-0.25, -0.2) is 0 Å². The highest BCUT2D eigenvalue weighted by Gasteiger charge is 2.51. The zero-order chi connectivity index (χ0) is 20.3. The zero-order valence-corrected chi connectivity index (χ0v) is 19.4. The van der Waals surface area contributed by atoms with Gasteiger partial charge in [0.15, 0.2) is 14.1 Å². The minimum atomic E-state index is -1.84. The number of ether oxygens (including phenoxy) is 3. The van der Waals surface area contributed by atoms with Crippen LogP contribution in [0.25, 0.3) is 0 Å². The Morgan fingerprint density at radius 1 is 1.07 bits per heavy atom. The molecule has 0 unspecified atom stereocenters. The Kier molecular flexibility index (Phi) is 6.97. The highest BCUT2D eigenvalue weighted by molar-refractivity contribution is 6.74. The van der Waals surface area contributed by atoms with Crippen molar-refractivity contribution in [1.82, 2.24) is 0 Å². The molecule has 0 aromatic heterocycles. The molecule has 1 aliphatic rings. The van der Waals surface area contributed by atoms with Crippen LogP contribution in [-0.4, -0.2) is 39.0 Å². The van der Waals surface area contributed by atoms with Gasteiger partial charge in [-0.05, 0) is 50.9 Å². The van der Waals surface area contributed by atoms with Crippen LogP contribution in [0.1, 0.15) is 53.5 Å². The lowest BCUT2D eigenvalue weighted by Crippen LogP contribution is -2.49. The maximum Gasteiger partial charge on any atom is 0.192 e. The fraction of sp³-hybridized carbons (Fsp3) is 0.727. The first-order valence-electron chi connectivity index (χ1n) is 9.98. The predicted octanol–water partition coefficient (Wildman–Crippen LogP) is 5.53. The fourth-order valence-corrected chi connectivity index (χ4v) is 4.18. The van der Waals surface area contributed by atoms with Crippen molar-refractivity contribution in [2.45, 2.75) is 90.2 Å². The summed E-state index contributed by atoms with van der Waals surface area (Å²) in [5.41, 5.74) is 0.722. The maximum absolute atomic E-state index is 6.47. The van der Waals surface area contributed by atoms with Crippen LogP contribution in [0.3, 0.4) is 0 Å². The standard InChI is InChI=1S/C22H38O4Si/c1-20(2,3)27(7,8)24-17-22(6)19(25-21(4,5)26-22)14-15-23-16-18-12-10-9-11-13-18/h9-13,19H,14-17H2,1-8H3/t19-,22-/m1/s1. The van der Waals surface area contributed by atoms with Crippen LogP contribution in [0.15, 0.2) is 30.3 Å². The molecule has 0 saturated carbocycles. The minimum Gasteiger partial charge on any atom is -0.414 e. The van der Waals surface area contributed by atoms with Crippen molar-refractivity contribution in [3.63, 3.8) is 0 Å². The molecule has 1 aliphatic heterocycles. The minimum absolute atomic E-state index is 0.0481. The molecule has 5 heteroatoms. The van der Waals surface area contributed by atoms with Gasteiger partial charge in [-0.3, -0.25) is 0 Å². The average molecular weight is 395 g/mol. The molecular weight excluding hydrogens is 356 g/mol. The monoisotopic (exact) mass is 394 g/mol. The topological polar surface area (TPSA) is 36.9 Å². The molecule has 0 bridgehead atoms. The van der Waals surface area contributed by atoms with Gasteiger partial charge in [0, 0.05) is 6.61 Å². The molecule has 1 aromatic rings. The lowest BCUT2D eigenvalue weighted by atomic mass is 9.98. The third kappa shape index (κ3) is 6.13. The summed E-state index contributed by atoms with van der Waals surface area (Å²) in [5, 5.41) is 0.173. The van der Waals surface area contributed by atoms with E-state index in [-0.39, 0.29) is 11.1 Å². The lowest BCUT2D eigenvalue weighted by Gasteiger charge is -2.39. The van der Waals surface area contributed by atoms with Gasteiger partial charge in [0.2, 0.25) is 0 Å². The molecule has 2 rings (SSSR count). The first-order chi connectivity index (χ1) is 12.3. The van der Waals surface area contributed by atoms with Crippen molar-refractivity contribution >= 4 is 8.32 Å². The van der Waals surface area contributed by atoms with Crippen LogP contribution in [-0.2, 0) is 25.2 Å². The molecule has 27 heavy (non-hydrogen) atoms. The summed E-state index contributed by atoms with van der Waals surface area (Å²) in [4.78, 5) is 0. The van der Waals surface area contributed by atoms with E-state index in [1.54, 1.807) is 0 Å². The Morgan fingerprint density at radius 2 is 1.70 bits per heavy atom. The van der Waals surface area contributed by atoms with E-state index in [2.05, 4.69) is 52.9 Å². The molecule has 1 saturated heterocycles. The highest BCUT2D eigenvalue weighted by atomic mass is 28.4. The predicted molar refractivity (Wildman–Crippen MR) is 112 cm³/mol. The molecule has 1 fully saturated rings. The summed E-state index contributed by atoms with van der Waals surface area (Å²) in [6, 6.07) is 10.2. The van der Waals surface area contributed by atoms with Crippen molar-refractivity contribution in [2.75, 3.05) is 13.2 Å². The van der Waals surface area contributed by atoms with Crippen molar-refractivity contribution in [3.05, 3.63) is 35.9 Å². The van der Waals surface area contributed by atoms with E-state index in [1.807, 2.05) is 32.0 Å². The average Bonchev–Trinajstić information content (AvgIpc) is 2.79. The fourth-order valence-electron chi connectivity index (χ4n) is 3.10. The van der Waals surface area contributed by atoms with Crippen molar-refractivity contribution < 1.29 is 18.6 Å². The molecule has 0 radical (unpaired) electrons. The second-order valence-corrected chi connectivity index (χ2v) is 14.6. The highest BCUT2D eigenvalue weighted by Crippen LogP contribution is 2.41. The van der Waals surface area contributed by atoms with Crippen molar-refractivity contribution in [1.29, 1.82) is 0 Å². The van der Waals surface area contributed by atoms with Gasteiger partial charge in [0.05, 0.1) is 19.3 Å². The van der Waals surface area contributed by atoms with Gasteiger partial charge in [-0.15, -0.1) is 0 Å². The van der Waals surface area contributed by atoms with E-state index < -0.39 is 19.7 Å². The number of hydrogen-bond acceptors (Lipinski definition) is 4. The Morgan fingerprint density at radius 3 is 2.30 bits per heavy atom. The van der Waals surface area contributed by atoms with Crippen LogP contribution >= 0.6 is 0 Å². The number of benzene rings is 1. The smallest absolute Gasteiger partial charge is 0.192 e. The van der Waals surface area contributed by atoms with Crippen LogP contribution in [0.2, 0.25) is 18.1 Å². The summed E-state index contributed by atoms with van der Waals surface area (Å²) >= 11 is 0. The first kappa shape index (κ1) is 22.6. The summed E-state index contributed by atoms with van der Waals surface area (Å²) in [6.07, 6.45) is 0.737. The van der Waals surface area contributed by atoms with Gasteiger partial charge in [0.1, 0.15) is 5.60 Å². The van der Waals surface area contributed by atoms with Gasteiger partial charge >= 0.3 is 0 Å². The van der Waals surface area contributed by atoms with E-state index in [0.717, 1.165) is 6.42 Å². The molecule has 0 amide bonds. The summed E-state index contributed by atoms with van der Waals surface area (Å²) in [5.74, 6) is -0.602. The SMILES string of the molecule is CC1(C)O[C@H](CCOCc2ccccc2)[C@@](C)(CO[Si](C)(C)C(C)(C)C)O1. The maximum atomic E-state index is 6.47. The third-order valence-corrected chi connectivity index (χ3v) is 10.2. The second kappa shape index (κ2) is 8.33. The zero-order valence-electron chi connectivity index (χ0n) is 18.4.